The van der Waals surface area contributed by atoms with E-state index in [0.29, 0.717) is 16.7 Å². The maximum Gasteiger partial charge on any atom is 0.318 e. The average molecular weight is 1490 g/mol. The van der Waals surface area contributed by atoms with Gasteiger partial charge in [0.1, 0.15) is 147 Å². The third-order valence-corrected chi connectivity index (χ3v) is 19.6. The first-order valence-electron chi connectivity index (χ1n) is 34.3. The van der Waals surface area contributed by atoms with Crippen molar-refractivity contribution in [3.05, 3.63) is 138 Å². The predicted molar refractivity (Wildman–Crippen MR) is 361 cm³/mol. The van der Waals surface area contributed by atoms with Crippen molar-refractivity contribution in [3.8, 4) is 5.75 Å². The largest absolute Gasteiger partial charge is 0.462 e. The van der Waals surface area contributed by atoms with Gasteiger partial charge in [-0.2, -0.15) is 0 Å². The van der Waals surface area contributed by atoms with Crippen molar-refractivity contribution in [2.45, 2.75) is 184 Å². The number of rotatable bonds is 21. The average Bonchev–Trinajstić information content (AvgIpc) is 1.53. The lowest BCUT2D eigenvalue weighted by Crippen LogP contribution is -2.70. The fraction of sp³-hybridized carbons (Fsp3) is 0.544. The lowest BCUT2D eigenvalue weighted by molar-refractivity contribution is -0.352. The van der Waals surface area contributed by atoms with Gasteiger partial charge in [0.05, 0.1) is 44.6 Å². The summed E-state index contributed by atoms with van der Waals surface area (Å²) in [6.07, 6.45) is -34.6. The highest BCUT2D eigenvalue weighted by Crippen LogP contribution is 2.34. The number of amides is 6. The Bertz CT molecular complexity index is 3550. The van der Waals surface area contributed by atoms with Gasteiger partial charge in [-0.3, -0.25) is 49.5 Å². The van der Waals surface area contributed by atoms with E-state index in [9.17, 15) is 90.4 Å². The van der Waals surface area contributed by atoms with Crippen molar-refractivity contribution in [2.24, 2.45) is 11.5 Å². The molecule has 6 heterocycles. The van der Waals surface area contributed by atoms with Gasteiger partial charge < -0.3 is 138 Å². The number of nitrogens with two attached hydrogens (primary N) is 2. The molecule has 0 radical (unpaired) electrons. The molecule has 6 aliphatic rings. The summed E-state index contributed by atoms with van der Waals surface area (Å²) in [5.41, 5.74) is 14.3. The molecule has 0 aliphatic carbocycles. The summed E-state index contributed by atoms with van der Waals surface area (Å²) >= 11 is 0. The van der Waals surface area contributed by atoms with E-state index in [1.165, 1.54) is 24.3 Å². The van der Waals surface area contributed by atoms with E-state index in [-0.39, 0.29) is 17.9 Å². The topological polar surface area (TPSA) is 601 Å². The van der Waals surface area contributed by atoms with Crippen LogP contribution >= 0.6 is 0 Å². The van der Waals surface area contributed by atoms with Crippen LogP contribution in [0.15, 0.2) is 115 Å². The Balaban J connectivity index is 0.895. The van der Waals surface area contributed by atoms with Crippen LogP contribution in [0.4, 0.5) is 0 Å². The number of benzene rings is 4. The number of ether oxygens (including phenoxy) is 6. The van der Waals surface area contributed by atoms with Gasteiger partial charge >= 0.3 is 5.97 Å². The van der Waals surface area contributed by atoms with Gasteiger partial charge in [-0.05, 0) is 34.4 Å². The van der Waals surface area contributed by atoms with Gasteiger partial charge in [0.25, 0.3) is 0 Å². The third-order valence-electron chi connectivity index (χ3n) is 19.6. The van der Waals surface area contributed by atoms with E-state index in [2.05, 4.69) is 47.9 Å². The minimum absolute atomic E-state index is 0.0865. The molecular weight excluding hydrogens is 1400 g/mol. The number of esters is 1. The Labute approximate surface area is 605 Å². The Hall–Kier alpha value is -7.95. The summed E-state index contributed by atoms with van der Waals surface area (Å²) in [5.74, 6) is -9.91. The van der Waals surface area contributed by atoms with Crippen molar-refractivity contribution in [1.82, 2.24) is 52.8 Å². The second-order valence-corrected chi connectivity index (χ2v) is 26.6. The first kappa shape index (κ1) is 80.6. The SMILES string of the molecule is C[C@@H](c1ccccc1)[C@@H]1NC(=O)CNC(=O)[C@H](CO)NC(=O)[C@@H]([C@@H](O)[C@@H]2CNC(N)N2[C@H]2O[C@H](CO)[C@@H](O)[C@H](O)[C@@H]2O)NC(=O)[C@H]([C@@H](O)[C@@H]2CNC(N)N2)NC(=O)[C@@H](Cc2ccc(O[C@H]3O[C@H](CO)[C@@H](O[C@H]4O[C@H](COC(=O)C(c5ccccc5)c5ccccc5)[C@@H](O)[C@H](O)[C@@H]4O)[C@H](O)[C@@H]3O)cc2)NC1=O. The normalized spacial score (nSPS) is 35.6. The van der Waals surface area contributed by atoms with E-state index < -0.39 is 258 Å². The Morgan fingerprint density at radius 2 is 1.09 bits per heavy atom. The standard InChI is InChI=1S/C68H92N12O26/c1-29(31-11-5-2-6-12-31)44-60(97)74-35(21-30-17-19-34(20-18-30)102-65-56(94)53(91)57(40(27-83)104-65)106-66-55(93)52(90)50(88)41(105-66)28-101-64(100)43(32-13-7-3-8-14-32)33-15-9-4-10-16-33)59(96)78-45(47(85)36-22-72-67(69)76-36)62(99)79-46(61(98)75-37(25-81)58(95)71-24-42(84)77-44)48(86)38-23-73-68(70)80(38)63-54(92)51(89)49(87)39(26-82)103-63/h2-20,29,35-41,43-57,63,65-68,72-73,76,81-83,85-94H,21-28,69-70H2,1H3,(H,71,95)(H,74,97)(H,75,98)(H,77,84)(H,78,96)(H,79,99)/t29-,35+,36-,37-,38-,39+,40+,41+,44-,45-,46+,47-,48-,49+,50+,51-,52-,53+,54-,55-,56-,57+,63-,65-,66+,67?,68?/m0/s1. The molecule has 26 N–H and O–H groups in total. The second kappa shape index (κ2) is 36.3. The van der Waals surface area contributed by atoms with E-state index >= 15 is 9.59 Å². The second-order valence-electron chi connectivity index (χ2n) is 26.6. The zero-order valence-electron chi connectivity index (χ0n) is 57.0. The summed E-state index contributed by atoms with van der Waals surface area (Å²) in [6.45, 7) is -3.51. The van der Waals surface area contributed by atoms with Crippen LogP contribution in [0.5, 0.6) is 5.75 Å². The molecule has 0 bridgehead atoms. The van der Waals surface area contributed by atoms with Crippen molar-refractivity contribution >= 4 is 41.4 Å². The van der Waals surface area contributed by atoms with Crippen molar-refractivity contribution in [3.63, 3.8) is 0 Å². The molecule has 2 unspecified atom stereocenters. The Morgan fingerprint density at radius 3 is 1.70 bits per heavy atom. The highest BCUT2D eigenvalue weighted by molar-refractivity contribution is 5.98. The minimum Gasteiger partial charge on any atom is -0.462 e. The monoisotopic (exact) mass is 1490 g/mol. The van der Waals surface area contributed by atoms with Crippen LogP contribution < -0.4 is 64.1 Å². The smallest absolute Gasteiger partial charge is 0.318 e. The molecule has 4 aromatic rings. The van der Waals surface area contributed by atoms with Crippen molar-refractivity contribution in [2.75, 3.05) is 46.1 Å². The number of aliphatic hydroxyl groups is 13. The summed E-state index contributed by atoms with van der Waals surface area (Å²) in [7, 11) is 0. The predicted octanol–water partition coefficient (Wildman–Crippen LogP) is -11.2. The summed E-state index contributed by atoms with van der Waals surface area (Å²) < 4.78 is 35.0. The van der Waals surface area contributed by atoms with Crippen LogP contribution in [0.2, 0.25) is 0 Å². The van der Waals surface area contributed by atoms with Crippen LogP contribution in [0.3, 0.4) is 0 Å². The zero-order valence-corrected chi connectivity index (χ0v) is 57.0. The summed E-state index contributed by atoms with van der Waals surface area (Å²) in [4.78, 5) is 103. The first-order chi connectivity index (χ1) is 50.7. The molecule has 6 fully saturated rings. The summed E-state index contributed by atoms with van der Waals surface area (Å²) in [6, 6.07) is 18.5. The Kier molecular flexibility index (Phi) is 27.6. The molecule has 4 aromatic carbocycles. The molecule has 0 spiro atoms. The number of nitrogens with one attached hydrogen (secondary N) is 9. The van der Waals surface area contributed by atoms with Crippen LogP contribution in [0.25, 0.3) is 0 Å². The van der Waals surface area contributed by atoms with E-state index in [4.69, 9.17) is 39.9 Å². The highest BCUT2D eigenvalue weighted by atomic mass is 16.7. The molecule has 106 heavy (non-hydrogen) atoms. The highest BCUT2D eigenvalue weighted by Gasteiger charge is 2.55. The molecule has 6 saturated heterocycles. The lowest BCUT2D eigenvalue weighted by atomic mass is 9.91. The molecule has 6 aliphatic heterocycles. The molecule has 10 rings (SSSR count). The van der Waals surface area contributed by atoms with Crippen LogP contribution in [0.1, 0.15) is 41.0 Å². The molecule has 580 valence electrons. The van der Waals surface area contributed by atoms with Crippen molar-refractivity contribution < 1.29 is 128 Å². The van der Waals surface area contributed by atoms with Crippen molar-refractivity contribution in [1.29, 1.82) is 0 Å². The number of aliphatic hydroxyl groups excluding tert-OH is 13. The van der Waals surface area contributed by atoms with E-state index in [1.807, 2.05) is 0 Å². The van der Waals surface area contributed by atoms with Gasteiger partial charge in [0, 0.05) is 25.4 Å². The molecule has 6 amide bonds. The zero-order chi connectivity index (χ0) is 76.4. The quantitative estimate of drug-likeness (QED) is 0.0345. The van der Waals surface area contributed by atoms with Gasteiger partial charge in [0.2, 0.25) is 41.7 Å². The molecule has 0 saturated carbocycles. The van der Waals surface area contributed by atoms with Crippen LogP contribution in [-0.4, -0.2) is 318 Å². The number of nitrogens with zero attached hydrogens (tertiary/aromatic N) is 1. The fourth-order valence-corrected chi connectivity index (χ4v) is 13.5. The van der Waals surface area contributed by atoms with Gasteiger partial charge in [0.15, 0.2) is 6.29 Å². The number of hydrogen-bond donors (Lipinski definition) is 24. The Morgan fingerprint density at radius 1 is 0.547 bits per heavy atom. The van der Waals surface area contributed by atoms with Gasteiger partial charge in [-0.25, -0.2) is 4.90 Å². The van der Waals surface area contributed by atoms with Gasteiger partial charge in [-0.15, -0.1) is 0 Å². The molecule has 38 nitrogen and oxygen atoms in total. The molecule has 27 atom stereocenters. The summed E-state index contributed by atoms with van der Waals surface area (Å²) in [5, 5.41) is 167. The minimum atomic E-state index is -2.32. The maximum atomic E-state index is 15.3. The van der Waals surface area contributed by atoms with E-state index in [1.54, 1.807) is 97.9 Å². The van der Waals surface area contributed by atoms with Crippen LogP contribution in [-0.2, 0) is 63.7 Å². The molecule has 0 aromatic heterocycles. The third kappa shape index (κ3) is 18.6. The van der Waals surface area contributed by atoms with E-state index in [0.717, 1.165) is 4.90 Å². The maximum absolute atomic E-state index is 15.3. The van der Waals surface area contributed by atoms with Crippen LogP contribution in [0, 0.1) is 0 Å². The number of carbonyl (C=O) groups excluding carboxylic acids is 7. The molecular formula is C68H92N12O26. The van der Waals surface area contributed by atoms with Gasteiger partial charge in [-0.1, -0.05) is 110 Å². The fourth-order valence-electron chi connectivity index (χ4n) is 13.5. The first-order valence-corrected chi connectivity index (χ1v) is 34.3. The lowest BCUT2D eigenvalue weighted by Gasteiger charge is -2.47. The molecule has 38 heteroatoms. The number of hydrogen-bond acceptors (Lipinski definition) is 32. The number of carbonyl (C=O) groups is 7.